The number of hydrogen-bond donors (Lipinski definition) is 0. The molecule has 0 saturated carbocycles. The van der Waals surface area contributed by atoms with Crippen LogP contribution in [0.1, 0.15) is 105 Å². The molecule has 0 radical (unpaired) electrons. The first-order chi connectivity index (χ1) is 12.6. The number of rotatable bonds is 18. The van der Waals surface area contributed by atoms with Crippen LogP contribution in [0.25, 0.3) is 0 Å². The summed E-state index contributed by atoms with van der Waals surface area (Å²) < 4.78 is 10.7. The average Bonchev–Trinajstić information content (AvgIpc) is 2.60. The van der Waals surface area contributed by atoms with E-state index in [2.05, 4.69) is 13.8 Å². The molecule has 0 bridgehead atoms. The van der Waals surface area contributed by atoms with Crippen molar-refractivity contribution >= 4 is 29.7 Å². The number of carbonyl (C=O) groups excluding carboxylic acids is 1. The van der Waals surface area contributed by atoms with Gasteiger partial charge in [-0.2, -0.15) is 0 Å². The van der Waals surface area contributed by atoms with Crippen molar-refractivity contribution in [1.82, 2.24) is 0 Å². The van der Waals surface area contributed by atoms with Gasteiger partial charge in [-0.3, -0.25) is 0 Å². The molecule has 0 heterocycles. The van der Waals surface area contributed by atoms with Crippen LogP contribution in [-0.2, 0) is 9.47 Å². The SMILES string of the molecule is CCCCCCCCSC(C)OC(=O)OC(C)SCCCCCCCC. The van der Waals surface area contributed by atoms with E-state index in [1.807, 2.05) is 13.8 Å². The highest BCUT2D eigenvalue weighted by atomic mass is 32.2. The Hall–Kier alpha value is -0.0300. The Balaban J connectivity index is 3.51. The lowest BCUT2D eigenvalue weighted by Crippen LogP contribution is -2.17. The molecule has 156 valence electrons. The van der Waals surface area contributed by atoms with E-state index in [-0.39, 0.29) is 10.9 Å². The number of unbranched alkanes of at least 4 members (excludes halogenated alkanes) is 10. The lowest BCUT2D eigenvalue weighted by molar-refractivity contribution is 0.0476. The fourth-order valence-electron chi connectivity index (χ4n) is 2.63. The molecule has 0 aliphatic heterocycles. The second-order valence-electron chi connectivity index (χ2n) is 6.90. The molecule has 0 fully saturated rings. The highest BCUT2D eigenvalue weighted by Gasteiger charge is 2.14. The van der Waals surface area contributed by atoms with E-state index in [0.717, 1.165) is 11.5 Å². The van der Waals surface area contributed by atoms with Crippen molar-refractivity contribution in [2.24, 2.45) is 0 Å². The summed E-state index contributed by atoms with van der Waals surface area (Å²) in [6.07, 6.45) is 15.0. The number of carbonyl (C=O) groups is 1. The first kappa shape index (κ1) is 26.0. The Kier molecular flexibility index (Phi) is 19.7. The predicted octanol–water partition coefficient (Wildman–Crippen LogP) is 8.02. The molecule has 0 amide bonds. The van der Waals surface area contributed by atoms with Gasteiger partial charge in [0.1, 0.15) is 10.9 Å². The summed E-state index contributed by atoms with van der Waals surface area (Å²) in [5.41, 5.74) is -0.261. The van der Waals surface area contributed by atoms with Gasteiger partial charge in [-0.05, 0) is 38.2 Å². The molecule has 0 N–H and O–H groups in total. The zero-order chi connectivity index (χ0) is 19.5. The Morgan fingerprint density at radius 3 is 1.38 bits per heavy atom. The Bertz CT molecular complexity index is 286. The van der Waals surface area contributed by atoms with Gasteiger partial charge in [-0.25, -0.2) is 4.79 Å². The highest BCUT2D eigenvalue weighted by Crippen LogP contribution is 2.19. The molecule has 0 spiro atoms. The van der Waals surface area contributed by atoms with Crippen LogP contribution in [0.4, 0.5) is 4.79 Å². The summed E-state index contributed by atoms with van der Waals surface area (Å²) in [5.74, 6) is 2.09. The van der Waals surface area contributed by atoms with E-state index in [1.54, 1.807) is 23.5 Å². The zero-order valence-corrected chi connectivity index (χ0v) is 19.2. The topological polar surface area (TPSA) is 35.5 Å². The van der Waals surface area contributed by atoms with Gasteiger partial charge in [-0.15, -0.1) is 23.5 Å². The monoisotopic (exact) mass is 406 g/mol. The van der Waals surface area contributed by atoms with Crippen molar-refractivity contribution in [3.05, 3.63) is 0 Å². The van der Waals surface area contributed by atoms with Gasteiger partial charge in [0.2, 0.25) is 0 Å². The summed E-state index contributed by atoms with van der Waals surface area (Å²) in [7, 11) is 0. The van der Waals surface area contributed by atoms with Crippen LogP contribution in [0.5, 0.6) is 0 Å². The molecular formula is C21H42O3S2. The van der Waals surface area contributed by atoms with Gasteiger partial charge in [0, 0.05) is 0 Å². The molecule has 0 aliphatic rings. The van der Waals surface area contributed by atoms with Crippen LogP contribution in [-0.4, -0.2) is 28.5 Å². The lowest BCUT2D eigenvalue weighted by atomic mass is 10.1. The molecule has 26 heavy (non-hydrogen) atoms. The van der Waals surface area contributed by atoms with Gasteiger partial charge in [0.05, 0.1) is 0 Å². The minimum Gasteiger partial charge on any atom is -0.420 e. The summed E-state index contributed by atoms with van der Waals surface area (Å²) in [5, 5.41) is 0. The fraction of sp³-hybridized carbons (Fsp3) is 0.952. The molecule has 2 atom stereocenters. The van der Waals surface area contributed by atoms with Gasteiger partial charge in [-0.1, -0.05) is 78.1 Å². The van der Waals surface area contributed by atoms with Crippen LogP contribution in [0.15, 0.2) is 0 Å². The molecule has 0 saturated heterocycles. The molecule has 0 aliphatic carbocycles. The zero-order valence-electron chi connectivity index (χ0n) is 17.6. The number of thioether (sulfide) groups is 2. The van der Waals surface area contributed by atoms with Crippen molar-refractivity contribution in [3.8, 4) is 0 Å². The largest absolute Gasteiger partial charge is 0.510 e. The quantitative estimate of drug-likeness (QED) is 0.131. The smallest absolute Gasteiger partial charge is 0.420 e. The van der Waals surface area contributed by atoms with Crippen LogP contribution < -0.4 is 0 Å². The third-order valence-corrected chi connectivity index (χ3v) is 6.41. The van der Waals surface area contributed by atoms with Crippen LogP contribution in [0.2, 0.25) is 0 Å². The molecule has 5 heteroatoms. The van der Waals surface area contributed by atoms with Crippen molar-refractivity contribution in [1.29, 1.82) is 0 Å². The molecule has 0 rings (SSSR count). The van der Waals surface area contributed by atoms with E-state index >= 15 is 0 Å². The minimum absolute atomic E-state index is 0.131. The summed E-state index contributed by atoms with van der Waals surface area (Å²) in [4.78, 5) is 11.8. The van der Waals surface area contributed by atoms with Crippen LogP contribution in [0, 0.1) is 0 Å². The minimum atomic E-state index is -0.532. The molecule has 3 nitrogen and oxygen atoms in total. The van der Waals surface area contributed by atoms with E-state index in [0.29, 0.717) is 0 Å². The maximum atomic E-state index is 11.8. The Morgan fingerprint density at radius 1 is 0.654 bits per heavy atom. The third kappa shape index (κ3) is 18.8. The maximum absolute atomic E-state index is 11.8. The number of ether oxygens (including phenoxy) is 2. The second kappa shape index (κ2) is 19.7. The lowest BCUT2D eigenvalue weighted by Gasteiger charge is -2.16. The van der Waals surface area contributed by atoms with E-state index in [1.165, 1.54) is 77.0 Å². The molecule has 0 aromatic rings. The van der Waals surface area contributed by atoms with Gasteiger partial charge < -0.3 is 9.47 Å². The van der Waals surface area contributed by atoms with E-state index < -0.39 is 6.16 Å². The normalized spacial score (nSPS) is 13.4. The molecular weight excluding hydrogens is 364 g/mol. The van der Waals surface area contributed by atoms with Crippen LogP contribution in [0.3, 0.4) is 0 Å². The molecule has 2 unspecified atom stereocenters. The van der Waals surface area contributed by atoms with E-state index in [9.17, 15) is 4.79 Å². The fourth-order valence-corrected chi connectivity index (χ4v) is 4.33. The van der Waals surface area contributed by atoms with Crippen molar-refractivity contribution < 1.29 is 14.3 Å². The third-order valence-electron chi connectivity index (χ3n) is 4.23. The Morgan fingerprint density at radius 2 is 1.00 bits per heavy atom. The van der Waals surface area contributed by atoms with Crippen molar-refractivity contribution in [2.45, 2.75) is 116 Å². The summed E-state index contributed by atoms with van der Waals surface area (Å²) in [6.45, 7) is 8.33. The highest BCUT2D eigenvalue weighted by molar-refractivity contribution is 7.99. The second-order valence-corrected chi connectivity index (χ2v) is 9.71. The summed E-state index contributed by atoms with van der Waals surface area (Å²) >= 11 is 3.39. The first-order valence-electron chi connectivity index (χ1n) is 10.7. The molecule has 0 aromatic carbocycles. The predicted molar refractivity (Wildman–Crippen MR) is 118 cm³/mol. The van der Waals surface area contributed by atoms with Crippen LogP contribution >= 0.6 is 23.5 Å². The van der Waals surface area contributed by atoms with Gasteiger partial charge >= 0.3 is 6.16 Å². The average molecular weight is 407 g/mol. The van der Waals surface area contributed by atoms with Crippen molar-refractivity contribution in [3.63, 3.8) is 0 Å². The first-order valence-corrected chi connectivity index (χ1v) is 12.8. The summed E-state index contributed by atoms with van der Waals surface area (Å²) in [6, 6.07) is 0. The molecule has 0 aromatic heterocycles. The van der Waals surface area contributed by atoms with E-state index in [4.69, 9.17) is 9.47 Å². The van der Waals surface area contributed by atoms with Gasteiger partial charge in [0.15, 0.2) is 0 Å². The Labute approximate surface area is 171 Å². The number of hydrogen-bond acceptors (Lipinski definition) is 5. The maximum Gasteiger partial charge on any atom is 0.510 e. The standard InChI is InChI=1S/C21H42O3S2/c1-5-7-9-11-13-15-17-25-19(3)23-21(22)24-20(4)26-18-16-14-12-10-8-6-2/h19-20H,5-18H2,1-4H3. The van der Waals surface area contributed by atoms with Crippen molar-refractivity contribution in [2.75, 3.05) is 11.5 Å². The van der Waals surface area contributed by atoms with Gasteiger partial charge in [0.25, 0.3) is 0 Å².